The summed E-state index contributed by atoms with van der Waals surface area (Å²) < 4.78 is 87.0. The smallest absolute Gasteiger partial charge is 0.438 e. The summed E-state index contributed by atoms with van der Waals surface area (Å²) in [5.74, 6) is -3.88. The van der Waals surface area contributed by atoms with Gasteiger partial charge in [0.2, 0.25) is 33.4 Å². The maximum Gasteiger partial charge on any atom is 0.438 e. The third-order valence-electron chi connectivity index (χ3n) is 10.4. The lowest BCUT2D eigenvalue weighted by molar-refractivity contribution is -0.144. The van der Waals surface area contributed by atoms with E-state index < -0.39 is 98.4 Å². The van der Waals surface area contributed by atoms with Crippen LogP contribution in [-0.4, -0.2) is 95.8 Å². The van der Waals surface area contributed by atoms with Gasteiger partial charge < -0.3 is 29.7 Å². The summed E-state index contributed by atoms with van der Waals surface area (Å²) in [6.45, 7) is 8.30. The molecule has 2 heterocycles. The summed E-state index contributed by atoms with van der Waals surface area (Å²) in [5, 5.41) is 4.53. The first-order valence-corrected chi connectivity index (χ1v) is 19.7. The van der Waals surface area contributed by atoms with E-state index in [4.69, 9.17) is 14.2 Å². The van der Waals surface area contributed by atoms with Crippen molar-refractivity contribution in [3.05, 3.63) is 36.5 Å². The Morgan fingerprint density at radius 3 is 2.31 bits per heavy atom. The standard InChI is InChI=1S/C36H45F3N6O9S/c1-6-19-17-35(19,32(48)44-55(50,51)23-12-13-23)43-29(46)26-16-22(53-30-27(36(37,38)39)40-24-14-11-21(52-5)15-25(24)41-30)18-45(26)31(47)28(34(2,3)4)42-33(49)54-20-9-7-8-10-20/h6,11,14-15,19-20,22-23,26,28H,1,7-10,12-13,16-18H2,2-5H3,(H,42,49)(H,43,46)(H,44,48)/t19-,22-,26+,28-,35-/m1/s1. The first kappa shape index (κ1) is 40.0. The number of fused-ring (bicyclic) bond motifs is 1. The zero-order valence-electron chi connectivity index (χ0n) is 30.9. The molecule has 0 radical (unpaired) electrons. The van der Waals surface area contributed by atoms with E-state index in [-0.39, 0.29) is 30.0 Å². The second kappa shape index (κ2) is 14.8. The number of aromatic nitrogens is 2. The molecule has 1 saturated heterocycles. The van der Waals surface area contributed by atoms with Crippen molar-refractivity contribution < 1.29 is 55.0 Å². The largest absolute Gasteiger partial charge is 0.497 e. The van der Waals surface area contributed by atoms with Crippen molar-refractivity contribution in [1.29, 1.82) is 0 Å². The lowest BCUT2D eigenvalue weighted by Crippen LogP contribution is -2.60. The van der Waals surface area contributed by atoms with Crippen LogP contribution in [-0.2, 0) is 35.3 Å². The number of likely N-dealkylation sites (tertiary alicyclic amines) is 1. The molecule has 3 aliphatic carbocycles. The number of carbonyl (C=O) groups excluding carboxylic acids is 4. The maximum atomic E-state index is 14.5. The Morgan fingerprint density at radius 1 is 1.04 bits per heavy atom. The van der Waals surface area contributed by atoms with Crippen LogP contribution >= 0.6 is 0 Å². The Morgan fingerprint density at radius 2 is 1.73 bits per heavy atom. The molecule has 300 valence electrons. The van der Waals surface area contributed by atoms with Gasteiger partial charge in [0.15, 0.2) is 0 Å². The van der Waals surface area contributed by atoms with Gasteiger partial charge in [0.25, 0.3) is 5.91 Å². The third-order valence-corrected chi connectivity index (χ3v) is 12.3. The number of alkyl carbamates (subject to hydrolysis) is 1. The summed E-state index contributed by atoms with van der Waals surface area (Å²) in [4.78, 5) is 64.1. The van der Waals surface area contributed by atoms with Crippen molar-refractivity contribution in [1.82, 2.24) is 30.2 Å². The second-order valence-electron chi connectivity index (χ2n) is 15.6. The van der Waals surface area contributed by atoms with Gasteiger partial charge >= 0.3 is 12.3 Å². The number of ether oxygens (including phenoxy) is 3. The minimum absolute atomic E-state index is 0.0130. The van der Waals surface area contributed by atoms with Crippen molar-refractivity contribution in [3.63, 3.8) is 0 Å². The van der Waals surface area contributed by atoms with Crippen LogP contribution in [0.25, 0.3) is 11.0 Å². The molecule has 1 aromatic heterocycles. The van der Waals surface area contributed by atoms with Gasteiger partial charge in [-0.3, -0.25) is 19.1 Å². The zero-order chi connectivity index (χ0) is 40.1. The Kier molecular flexibility index (Phi) is 10.7. The average Bonchev–Trinajstić information content (AvgIpc) is 3.99. The Labute approximate surface area is 316 Å². The SMILES string of the molecule is C=C[C@@H]1C[C@]1(NC(=O)[C@@H]1C[C@@H](Oc2nc3cc(OC)ccc3nc2C(F)(F)F)CN1C(=O)[C@@H](NC(=O)OC1CCCC1)C(C)(C)C)C(=O)NS(=O)(=O)C1CC1. The van der Waals surface area contributed by atoms with Crippen LogP contribution in [0.3, 0.4) is 0 Å². The number of carbonyl (C=O) groups is 4. The predicted octanol–water partition coefficient (Wildman–Crippen LogP) is 3.76. The molecule has 3 saturated carbocycles. The molecule has 55 heavy (non-hydrogen) atoms. The summed E-state index contributed by atoms with van der Waals surface area (Å²) in [6.07, 6.45) is -2.52. The van der Waals surface area contributed by atoms with Gasteiger partial charge in [-0.05, 0) is 62.5 Å². The van der Waals surface area contributed by atoms with Gasteiger partial charge in [-0.25, -0.2) is 23.2 Å². The number of amides is 4. The van der Waals surface area contributed by atoms with E-state index in [2.05, 4.69) is 31.9 Å². The fourth-order valence-electron chi connectivity index (χ4n) is 7.09. The van der Waals surface area contributed by atoms with Crippen LogP contribution in [0.2, 0.25) is 0 Å². The Bertz CT molecular complexity index is 1980. The number of nitrogens with zero attached hydrogens (tertiary/aromatic N) is 3. The molecular formula is C36H45F3N6O9S. The number of halogens is 3. The van der Waals surface area contributed by atoms with Gasteiger partial charge in [-0.1, -0.05) is 26.8 Å². The summed E-state index contributed by atoms with van der Waals surface area (Å²) in [6, 6.07) is 1.38. The van der Waals surface area contributed by atoms with Crippen molar-refractivity contribution in [3.8, 4) is 11.6 Å². The normalized spacial score (nSPS) is 24.9. The molecule has 2 aromatic rings. The average molecular weight is 795 g/mol. The molecule has 4 aliphatic rings. The highest BCUT2D eigenvalue weighted by atomic mass is 32.2. The van der Waals surface area contributed by atoms with Crippen LogP contribution < -0.4 is 24.8 Å². The van der Waals surface area contributed by atoms with Gasteiger partial charge in [-0.2, -0.15) is 13.2 Å². The third kappa shape index (κ3) is 8.60. The number of nitrogens with one attached hydrogen (secondary N) is 3. The van der Waals surface area contributed by atoms with Crippen LogP contribution in [0, 0.1) is 11.3 Å². The zero-order valence-corrected chi connectivity index (χ0v) is 31.7. The quantitative estimate of drug-likeness (QED) is 0.265. The predicted molar refractivity (Wildman–Crippen MR) is 190 cm³/mol. The van der Waals surface area contributed by atoms with E-state index in [0.717, 1.165) is 17.7 Å². The van der Waals surface area contributed by atoms with Crippen molar-refractivity contribution in [2.45, 2.75) is 113 Å². The van der Waals surface area contributed by atoms with Crippen LogP contribution in [0.15, 0.2) is 30.9 Å². The van der Waals surface area contributed by atoms with Crippen LogP contribution in [0.1, 0.15) is 77.8 Å². The molecule has 5 atom stereocenters. The minimum Gasteiger partial charge on any atom is -0.497 e. The maximum absolute atomic E-state index is 14.5. The number of rotatable bonds is 12. The number of benzene rings is 1. The van der Waals surface area contributed by atoms with Crippen LogP contribution in [0.4, 0.5) is 18.0 Å². The first-order chi connectivity index (χ1) is 25.8. The van der Waals surface area contributed by atoms with E-state index >= 15 is 0 Å². The summed E-state index contributed by atoms with van der Waals surface area (Å²) in [7, 11) is -2.63. The number of sulfonamides is 1. The van der Waals surface area contributed by atoms with Crippen molar-refractivity contribution in [2.24, 2.45) is 11.3 Å². The molecule has 0 bridgehead atoms. The molecule has 19 heteroatoms. The number of hydrogen-bond donors (Lipinski definition) is 3. The molecule has 0 spiro atoms. The Hall–Kier alpha value is -4.68. The van der Waals surface area contributed by atoms with E-state index in [1.807, 2.05) is 0 Å². The molecule has 4 fully saturated rings. The van der Waals surface area contributed by atoms with Crippen LogP contribution in [0.5, 0.6) is 11.6 Å². The summed E-state index contributed by atoms with van der Waals surface area (Å²) >= 11 is 0. The highest BCUT2D eigenvalue weighted by Crippen LogP contribution is 2.46. The number of alkyl halides is 3. The van der Waals surface area contributed by atoms with E-state index in [9.17, 15) is 40.8 Å². The molecule has 3 N–H and O–H groups in total. The van der Waals surface area contributed by atoms with Gasteiger partial charge in [0, 0.05) is 18.4 Å². The number of methoxy groups -OCH3 is 1. The topological polar surface area (TPSA) is 195 Å². The van der Waals surface area contributed by atoms with Crippen molar-refractivity contribution >= 4 is 44.9 Å². The summed E-state index contributed by atoms with van der Waals surface area (Å²) in [5.41, 5.74) is -4.16. The molecular weight excluding hydrogens is 749 g/mol. The van der Waals surface area contributed by atoms with Gasteiger partial charge in [-0.15, -0.1) is 6.58 Å². The second-order valence-corrected chi connectivity index (χ2v) is 17.6. The molecule has 15 nitrogen and oxygen atoms in total. The van der Waals surface area contributed by atoms with E-state index in [1.165, 1.54) is 31.4 Å². The van der Waals surface area contributed by atoms with Gasteiger partial charge in [0.05, 0.1) is 29.9 Å². The monoisotopic (exact) mass is 794 g/mol. The molecule has 1 aromatic carbocycles. The van der Waals surface area contributed by atoms with E-state index in [1.54, 1.807) is 20.8 Å². The fraction of sp³-hybridized carbons (Fsp3) is 0.611. The molecule has 0 unspecified atom stereocenters. The lowest BCUT2D eigenvalue weighted by Gasteiger charge is -2.35. The fourth-order valence-corrected chi connectivity index (χ4v) is 8.45. The number of hydrogen-bond acceptors (Lipinski definition) is 11. The minimum atomic E-state index is -5.01. The first-order valence-electron chi connectivity index (χ1n) is 18.1. The highest BCUT2D eigenvalue weighted by Gasteiger charge is 2.62. The lowest BCUT2D eigenvalue weighted by atomic mass is 9.85. The Balaban J connectivity index is 1.31. The van der Waals surface area contributed by atoms with Gasteiger partial charge in [0.1, 0.15) is 35.6 Å². The highest BCUT2D eigenvalue weighted by molar-refractivity contribution is 7.91. The van der Waals surface area contributed by atoms with E-state index in [0.29, 0.717) is 31.4 Å². The molecule has 6 rings (SSSR count). The molecule has 4 amide bonds. The molecule has 1 aliphatic heterocycles. The van der Waals surface area contributed by atoms with Crippen molar-refractivity contribution in [2.75, 3.05) is 13.7 Å².